The van der Waals surface area contributed by atoms with E-state index in [0.717, 1.165) is 0 Å². The van der Waals surface area contributed by atoms with Crippen molar-refractivity contribution < 1.29 is 14.3 Å². The van der Waals surface area contributed by atoms with Gasteiger partial charge in [-0.05, 0) is 12.1 Å². The first-order valence-electron chi connectivity index (χ1n) is 5.66. The van der Waals surface area contributed by atoms with Gasteiger partial charge in [0.15, 0.2) is 0 Å². The number of rotatable bonds is 4. The molecule has 0 aliphatic rings. The molecular weight excluding hydrogens is 246 g/mol. The van der Waals surface area contributed by atoms with Gasteiger partial charge < -0.3 is 14.8 Å². The fourth-order valence-corrected chi connectivity index (χ4v) is 1.62. The van der Waals surface area contributed by atoms with E-state index in [1.54, 1.807) is 42.2 Å². The maximum Gasteiger partial charge on any atom is 0.257 e. The van der Waals surface area contributed by atoms with E-state index < -0.39 is 0 Å². The molecule has 1 aromatic carbocycles. The van der Waals surface area contributed by atoms with Crippen LogP contribution in [0.2, 0.25) is 0 Å². The predicted molar refractivity (Wildman–Crippen MR) is 70.7 cm³/mol. The highest BCUT2D eigenvalue weighted by Gasteiger charge is 2.11. The molecule has 0 spiro atoms. The fourth-order valence-electron chi connectivity index (χ4n) is 1.62. The zero-order valence-electron chi connectivity index (χ0n) is 11.0. The van der Waals surface area contributed by atoms with Gasteiger partial charge in [-0.2, -0.15) is 5.10 Å². The van der Waals surface area contributed by atoms with Crippen molar-refractivity contribution in [3.8, 4) is 11.5 Å². The minimum atomic E-state index is -0.249. The van der Waals surface area contributed by atoms with Gasteiger partial charge in [0.2, 0.25) is 0 Å². The lowest BCUT2D eigenvalue weighted by Crippen LogP contribution is -2.14. The Hall–Kier alpha value is -2.50. The number of amides is 1. The van der Waals surface area contributed by atoms with Gasteiger partial charge in [-0.3, -0.25) is 9.48 Å². The molecule has 19 heavy (non-hydrogen) atoms. The van der Waals surface area contributed by atoms with Crippen LogP contribution < -0.4 is 14.8 Å². The Morgan fingerprint density at radius 3 is 2.32 bits per heavy atom. The number of carbonyl (C=O) groups excluding carboxylic acids is 1. The molecule has 0 unspecified atom stereocenters. The Morgan fingerprint density at radius 2 is 1.84 bits per heavy atom. The predicted octanol–water partition coefficient (Wildman–Crippen LogP) is 1.69. The third-order valence-corrected chi connectivity index (χ3v) is 2.68. The van der Waals surface area contributed by atoms with Crippen molar-refractivity contribution in [1.82, 2.24) is 9.78 Å². The summed E-state index contributed by atoms with van der Waals surface area (Å²) in [6, 6.07) is 6.72. The summed E-state index contributed by atoms with van der Waals surface area (Å²) in [5, 5.41) is 6.74. The molecule has 2 rings (SSSR count). The van der Waals surface area contributed by atoms with Crippen LogP contribution in [0.1, 0.15) is 10.4 Å². The summed E-state index contributed by atoms with van der Waals surface area (Å²) in [7, 11) is 4.83. The van der Waals surface area contributed by atoms with E-state index in [1.165, 1.54) is 14.2 Å². The number of aryl methyl sites for hydroxylation is 1. The third-order valence-electron chi connectivity index (χ3n) is 2.68. The van der Waals surface area contributed by atoms with Crippen LogP contribution in [0.25, 0.3) is 0 Å². The molecule has 1 aromatic heterocycles. The Labute approximate surface area is 110 Å². The highest BCUT2D eigenvalue weighted by atomic mass is 16.5. The lowest BCUT2D eigenvalue weighted by Gasteiger charge is -2.09. The van der Waals surface area contributed by atoms with Gasteiger partial charge in [-0.1, -0.05) is 0 Å². The van der Waals surface area contributed by atoms with Crippen LogP contribution in [-0.2, 0) is 7.05 Å². The van der Waals surface area contributed by atoms with Crippen molar-refractivity contribution in [3.05, 3.63) is 36.0 Å². The van der Waals surface area contributed by atoms with Crippen LogP contribution in [0.5, 0.6) is 11.5 Å². The van der Waals surface area contributed by atoms with E-state index in [1.807, 2.05) is 0 Å². The van der Waals surface area contributed by atoms with Gasteiger partial charge in [0, 0.05) is 24.7 Å². The molecule has 6 nitrogen and oxygen atoms in total. The molecule has 100 valence electrons. The minimum Gasteiger partial charge on any atom is -0.497 e. The first-order valence-corrected chi connectivity index (χ1v) is 5.66. The molecule has 0 radical (unpaired) electrons. The monoisotopic (exact) mass is 261 g/mol. The van der Waals surface area contributed by atoms with Crippen LogP contribution in [0.15, 0.2) is 30.5 Å². The van der Waals surface area contributed by atoms with E-state index in [0.29, 0.717) is 22.9 Å². The second kappa shape index (κ2) is 5.43. The van der Waals surface area contributed by atoms with Crippen molar-refractivity contribution in [2.75, 3.05) is 19.5 Å². The van der Waals surface area contributed by atoms with Crippen molar-refractivity contribution in [1.29, 1.82) is 0 Å². The average molecular weight is 261 g/mol. The van der Waals surface area contributed by atoms with Crippen molar-refractivity contribution in [2.24, 2.45) is 7.05 Å². The molecule has 1 amide bonds. The number of nitrogens with zero attached hydrogens (tertiary/aromatic N) is 2. The van der Waals surface area contributed by atoms with Crippen molar-refractivity contribution in [2.45, 2.75) is 0 Å². The number of hydrogen-bond donors (Lipinski definition) is 1. The number of ether oxygens (including phenoxy) is 2. The Balaban J connectivity index is 2.25. The van der Waals surface area contributed by atoms with Crippen LogP contribution in [0.3, 0.4) is 0 Å². The molecule has 1 heterocycles. The number of carbonyl (C=O) groups is 1. The molecule has 0 saturated carbocycles. The molecule has 2 aromatic rings. The van der Waals surface area contributed by atoms with Gasteiger partial charge in [0.05, 0.1) is 20.4 Å². The van der Waals surface area contributed by atoms with E-state index in [4.69, 9.17) is 9.47 Å². The molecule has 6 heteroatoms. The van der Waals surface area contributed by atoms with E-state index in [9.17, 15) is 4.79 Å². The molecule has 0 atom stereocenters. The summed E-state index contributed by atoms with van der Waals surface area (Å²) in [6.07, 6.45) is 1.61. The second-order valence-electron chi connectivity index (χ2n) is 3.90. The Bertz CT molecular complexity index is 570. The lowest BCUT2D eigenvalue weighted by atomic mass is 10.2. The molecule has 0 bridgehead atoms. The largest absolute Gasteiger partial charge is 0.497 e. The molecular formula is C13H15N3O3. The molecule has 1 N–H and O–H groups in total. The van der Waals surface area contributed by atoms with Gasteiger partial charge in [0.25, 0.3) is 5.91 Å². The van der Waals surface area contributed by atoms with Crippen LogP contribution >= 0.6 is 0 Å². The topological polar surface area (TPSA) is 65.4 Å². The van der Waals surface area contributed by atoms with Crippen LogP contribution in [0.4, 0.5) is 5.82 Å². The number of aromatic nitrogens is 2. The third kappa shape index (κ3) is 2.85. The quantitative estimate of drug-likeness (QED) is 0.909. The number of nitrogens with one attached hydrogen (secondary N) is 1. The SMILES string of the molecule is COc1cc(OC)cc(C(=O)Nc2ccnn2C)c1. The highest BCUT2D eigenvalue weighted by molar-refractivity contribution is 6.04. The van der Waals surface area contributed by atoms with E-state index >= 15 is 0 Å². The minimum absolute atomic E-state index is 0.249. The number of hydrogen-bond acceptors (Lipinski definition) is 4. The lowest BCUT2D eigenvalue weighted by molar-refractivity contribution is 0.102. The number of benzene rings is 1. The van der Waals surface area contributed by atoms with Gasteiger partial charge in [-0.15, -0.1) is 0 Å². The first-order chi connectivity index (χ1) is 9.13. The first kappa shape index (κ1) is 12.9. The maximum absolute atomic E-state index is 12.1. The van der Waals surface area contributed by atoms with E-state index in [2.05, 4.69) is 10.4 Å². The summed E-state index contributed by atoms with van der Waals surface area (Å²) >= 11 is 0. The molecule has 0 aliphatic carbocycles. The summed E-state index contributed by atoms with van der Waals surface area (Å²) in [5.74, 6) is 1.50. The van der Waals surface area contributed by atoms with Gasteiger partial charge >= 0.3 is 0 Å². The van der Waals surface area contributed by atoms with Gasteiger partial charge in [0.1, 0.15) is 17.3 Å². The maximum atomic E-state index is 12.1. The molecule has 0 fully saturated rings. The van der Waals surface area contributed by atoms with Crippen LogP contribution in [-0.4, -0.2) is 29.9 Å². The summed E-state index contributed by atoms with van der Waals surface area (Å²) in [4.78, 5) is 12.1. The van der Waals surface area contributed by atoms with Gasteiger partial charge in [-0.25, -0.2) is 0 Å². The fraction of sp³-hybridized carbons (Fsp3) is 0.231. The van der Waals surface area contributed by atoms with E-state index in [-0.39, 0.29) is 5.91 Å². The highest BCUT2D eigenvalue weighted by Crippen LogP contribution is 2.23. The number of methoxy groups -OCH3 is 2. The Morgan fingerprint density at radius 1 is 1.21 bits per heavy atom. The normalized spacial score (nSPS) is 10.1. The summed E-state index contributed by atoms with van der Waals surface area (Å²) in [6.45, 7) is 0. The number of anilines is 1. The smallest absolute Gasteiger partial charge is 0.257 e. The summed E-state index contributed by atoms with van der Waals surface area (Å²) < 4.78 is 11.8. The van der Waals surface area contributed by atoms with Crippen LogP contribution in [0, 0.1) is 0 Å². The van der Waals surface area contributed by atoms with Crippen molar-refractivity contribution >= 4 is 11.7 Å². The molecule has 0 aliphatic heterocycles. The summed E-state index contributed by atoms with van der Waals surface area (Å²) in [5.41, 5.74) is 0.456. The zero-order chi connectivity index (χ0) is 13.8. The standard InChI is InChI=1S/C13H15N3O3/c1-16-12(4-5-14-16)15-13(17)9-6-10(18-2)8-11(7-9)19-3/h4-8H,1-3H3,(H,15,17). The molecule has 0 saturated heterocycles. The average Bonchev–Trinajstić information content (AvgIpc) is 2.83. The second-order valence-corrected chi connectivity index (χ2v) is 3.90. The zero-order valence-corrected chi connectivity index (χ0v) is 11.0. The van der Waals surface area contributed by atoms with Crippen molar-refractivity contribution in [3.63, 3.8) is 0 Å². The Kier molecular flexibility index (Phi) is 3.70.